The smallest absolute Gasteiger partial charge is 0.264 e. The van der Waals surface area contributed by atoms with Gasteiger partial charge in [0.15, 0.2) is 11.4 Å². The number of Topliss-reactive ketones (excluding diaryl/α,β-unsaturated/α-hetero) is 1. The van der Waals surface area contributed by atoms with E-state index in [9.17, 15) is 19.8 Å². The summed E-state index contributed by atoms with van der Waals surface area (Å²) in [6, 6.07) is 19.2. The number of fused-ring (bicyclic) bond motifs is 1. The first kappa shape index (κ1) is 19.9. The average Bonchev–Trinajstić information content (AvgIpc) is 2.93. The van der Waals surface area contributed by atoms with Crippen molar-refractivity contribution in [3.05, 3.63) is 94.5 Å². The number of anilines is 1. The van der Waals surface area contributed by atoms with Crippen LogP contribution >= 0.6 is 0 Å². The highest BCUT2D eigenvalue weighted by atomic mass is 16.3. The van der Waals surface area contributed by atoms with Crippen LogP contribution in [0.3, 0.4) is 0 Å². The normalized spacial score (nSPS) is 17.8. The first-order valence-corrected chi connectivity index (χ1v) is 9.82. The van der Waals surface area contributed by atoms with Gasteiger partial charge in [-0.15, -0.1) is 0 Å². The summed E-state index contributed by atoms with van der Waals surface area (Å²) in [6.07, 6.45) is -0.441. The van der Waals surface area contributed by atoms with Crippen LogP contribution in [0.4, 0.5) is 5.69 Å². The van der Waals surface area contributed by atoms with Crippen molar-refractivity contribution in [2.45, 2.75) is 32.4 Å². The largest absolute Gasteiger partial charge is 0.507 e. The lowest BCUT2D eigenvalue weighted by Gasteiger charge is -2.23. The standard InChI is InChI=1S/C25H23NO4/c1-16-11-12-17(2)18(13-16)15-26-21-9-5-4-8-20(21)25(30,24(26)29)14-23(28)19-7-3-6-10-22(19)27/h3-13,27,30H,14-15H2,1-2H3/t25-/m0/s1. The molecule has 0 saturated carbocycles. The van der Waals surface area contributed by atoms with Crippen LogP contribution in [0, 0.1) is 13.8 Å². The third-order valence-electron chi connectivity index (χ3n) is 5.69. The number of ketones is 1. The predicted molar refractivity (Wildman–Crippen MR) is 114 cm³/mol. The number of aryl methyl sites for hydroxylation is 2. The molecular weight excluding hydrogens is 378 g/mol. The second-order valence-corrected chi connectivity index (χ2v) is 7.82. The Hall–Kier alpha value is -3.44. The Labute approximate surface area is 175 Å². The summed E-state index contributed by atoms with van der Waals surface area (Å²) < 4.78 is 0. The Morgan fingerprint density at radius 3 is 2.47 bits per heavy atom. The molecule has 0 unspecified atom stereocenters. The second-order valence-electron chi connectivity index (χ2n) is 7.82. The minimum atomic E-state index is -1.98. The fourth-order valence-electron chi connectivity index (χ4n) is 4.01. The van der Waals surface area contributed by atoms with E-state index in [1.54, 1.807) is 36.4 Å². The van der Waals surface area contributed by atoms with Gasteiger partial charge in [0.05, 0.1) is 24.2 Å². The maximum atomic E-state index is 13.4. The number of rotatable bonds is 5. The molecule has 1 heterocycles. The summed E-state index contributed by atoms with van der Waals surface area (Å²) in [7, 11) is 0. The molecule has 152 valence electrons. The molecule has 1 atom stereocenters. The molecule has 0 spiro atoms. The van der Waals surface area contributed by atoms with E-state index in [4.69, 9.17) is 0 Å². The highest BCUT2D eigenvalue weighted by Crippen LogP contribution is 2.44. The number of hydrogen-bond donors (Lipinski definition) is 2. The number of carbonyl (C=O) groups is 2. The van der Waals surface area contributed by atoms with Crippen molar-refractivity contribution in [2.75, 3.05) is 4.90 Å². The van der Waals surface area contributed by atoms with Gasteiger partial charge < -0.3 is 15.1 Å². The number of carbonyl (C=O) groups excluding carboxylic acids is 2. The number of para-hydroxylation sites is 2. The number of aromatic hydroxyl groups is 1. The first-order chi connectivity index (χ1) is 14.3. The van der Waals surface area contributed by atoms with Gasteiger partial charge in [-0.1, -0.05) is 54.1 Å². The summed E-state index contributed by atoms with van der Waals surface area (Å²) >= 11 is 0. The number of hydrogen-bond acceptors (Lipinski definition) is 4. The minimum absolute atomic E-state index is 0.0872. The van der Waals surface area contributed by atoms with Crippen molar-refractivity contribution < 1.29 is 19.8 Å². The van der Waals surface area contributed by atoms with Gasteiger partial charge >= 0.3 is 0 Å². The molecule has 3 aromatic rings. The average molecular weight is 401 g/mol. The topological polar surface area (TPSA) is 77.8 Å². The number of phenols is 1. The molecule has 30 heavy (non-hydrogen) atoms. The Balaban J connectivity index is 1.71. The van der Waals surface area contributed by atoms with Gasteiger partial charge in [0.1, 0.15) is 5.75 Å². The Morgan fingerprint density at radius 1 is 1.00 bits per heavy atom. The van der Waals surface area contributed by atoms with Gasteiger partial charge in [-0.2, -0.15) is 0 Å². The quantitative estimate of drug-likeness (QED) is 0.633. The zero-order valence-electron chi connectivity index (χ0n) is 16.9. The van der Waals surface area contributed by atoms with Crippen molar-refractivity contribution in [3.63, 3.8) is 0 Å². The van der Waals surface area contributed by atoms with Gasteiger partial charge in [-0.3, -0.25) is 9.59 Å². The first-order valence-electron chi connectivity index (χ1n) is 9.82. The van der Waals surface area contributed by atoms with Crippen LogP contribution < -0.4 is 4.90 Å². The molecule has 0 bridgehead atoms. The lowest BCUT2D eigenvalue weighted by Crippen LogP contribution is -2.41. The molecule has 5 nitrogen and oxygen atoms in total. The molecule has 2 N–H and O–H groups in total. The van der Waals surface area contributed by atoms with E-state index in [0.717, 1.165) is 16.7 Å². The van der Waals surface area contributed by atoms with E-state index in [0.29, 0.717) is 17.8 Å². The molecule has 1 aliphatic heterocycles. The fourth-order valence-corrected chi connectivity index (χ4v) is 4.01. The molecule has 1 amide bonds. The number of amides is 1. The van der Waals surface area contributed by atoms with E-state index in [1.165, 1.54) is 17.0 Å². The molecule has 0 aromatic heterocycles. The summed E-state index contributed by atoms with van der Waals surface area (Å²) in [5, 5.41) is 21.4. The minimum Gasteiger partial charge on any atom is -0.507 e. The van der Waals surface area contributed by atoms with Crippen LogP contribution in [0.25, 0.3) is 0 Å². The van der Waals surface area contributed by atoms with Gasteiger partial charge in [-0.05, 0) is 43.2 Å². The van der Waals surface area contributed by atoms with Crippen LogP contribution in [0.5, 0.6) is 5.75 Å². The maximum Gasteiger partial charge on any atom is 0.264 e. The summed E-state index contributed by atoms with van der Waals surface area (Å²) in [5.41, 5.74) is 2.22. The Kier molecular flexibility index (Phi) is 4.92. The third-order valence-corrected chi connectivity index (χ3v) is 5.69. The van der Waals surface area contributed by atoms with Gasteiger partial charge in [-0.25, -0.2) is 0 Å². The number of aliphatic hydroxyl groups is 1. The molecule has 0 radical (unpaired) electrons. The molecule has 5 heteroatoms. The number of nitrogens with zero attached hydrogens (tertiary/aromatic N) is 1. The lowest BCUT2D eigenvalue weighted by atomic mass is 9.88. The zero-order chi connectivity index (χ0) is 21.5. The lowest BCUT2D eigenvalue weighted by molar-refractivity contribution is -0.136. The molecule has 1 aliphatic rings. The van der Waals surface area contributed by atoms with Crippen molar-refractivity contribution in [1.29, 1.82) is 0 Å². The van der Waals surface area contributed by atoms with Crippen molar-refractivity contribution in [3.8, 4) is 5.75 Å². The van der Waals surface area contributed by atoms with E-state index in [-0.39, 0.29) is 11.3 Å². The maximum absolute atomic E-state index is 13.4. The van der Waals surface area contributed by atoms with Crippen molar-refractivity contribution >= 4 is 17.4 Å². The molecule has 0 fully saturated rings. The van der Waals surface area contributed by atoms with Gasteiger partial charge in [0, 0.05) is 5.56 Å². The van der Waals surface area contributed by atoms with Crippen LogP contribution in [0.2, 0.25) is 0 Å². The van der Waals surface area contributed by atoms with E-state index < -0.39 is 23.7 Å². The van der Waals surface area contributed by atoms with Crippen LogP contribution in [0.15, 0.2) is 66.7 Å². The molecular formula is C25H23NO4. The number of phenolic OH excluding ortho intramolecular Hbond substituents is 1. The van der Waals surface area contributed by atoms with E-state index >= 15 is 0 Å². The summed E-state index contributed by atoms with van der Waals surface area (Å²) in [5.74, 6) is -1.20. The Bertz CT molecular complexity index is 1150. The molecule has 3 aromatic carbocycles. The van der Waals surface area contributed by atoms with Crippen LogP contribution in [0.1, 0.15) is 39.0 Å². The monoisotopic (exact) mass is 401 g/mol. The summed E-state index contributed by atoms with van der Waals surface area (Å²) in [6.45, 7) is 4.27. The molecule has 0 saturated heterocycles. The SMILES string of the molecule is Cc1ccc(C)c(CN2C(=O)[C@](O)(CC(=O)c3ccccc3O)c3ccccc32)c1. The molecule has 4 rings (SSSR count). The van der Waals surface area contributed by atoms with E-state index in [2.05, 4.69) is 0 Å². The van der Waals surface area contributed by atoms with Gasteiger partial charge in [0.25, 0.3) is 5.91 Å². The van der Waals surface area contributed by atoms with Crippen molar-refractivity contribution in [1.82, 2.24) is 0 Å². The van der Waals surface area contributed by atoms with Crippen LogP contribution in [-0.4, -0.2) is 21.9 Å². The highest BCUT2D eigenvalue weighted by Gasteiger charge is 2.51. The number of benzene rings is 3. The Morgan fingerprint density at radius 2 is 1.70 bits per heavy atom. The third kappa shape index (κ3) is 3.27. The summed E-state index contributed by atoms with van der Waals surface area (Å²) in [4.78, 5) is 27.8. The predicted octanol–water partition coefficient (Wildman–Crippen LogP) is 4.02. The second kappa shape index (κ2) is 7.43. The van der Waals surface area contributed by atoms with Crippen molar-refractivity contribution in [2.24, 2.45) is 0 Å². The van der Waals surface area contributed by atoms with E-state index in [1.807, 2.05) is 32.0 Å². The van der Waals surface area contributed by atoms with Crippen LogP contribution in [-0.2, 0) is 16.9 Å². The fraction of sp³-hybridized carbons (Fsp3) is 0.200. The highest BCUT2D eigenvalue weighted by molar-refractivity contribution is 6.11. The zero-order valence-corrected chi connectivity index (χ0v) is 16.9. The van der Waals surface area contributed by atoms with Gasteiger partial charge in [0.2, 0.25) is 0 Å². The molecule has 0 aliphatic carbocycles.